The number of benzene rings is 3. The molecule has 0 saturated carbocycles. The van der Waals surface area contributed by atoms with E-state index in [1.807, 2.05) is 50.2 Å². The summed E-state index contributed by atoms with van der Waals surface area (Å²) in [6.07, 6.45) is 0.149. The van der Waals surface area contributed by atoms with Gasteiger partial charge in [-0.15, -0.1) is 0 Å². The summed E-state index contributed by atoms with van der Waals surface area (Å²) in [4.78, 5) is 12.2. The zero-order chi connectivity index (χ0) is 19.2. The summed E-state index contributed by atoms with van der Waals surface area (Å²) in [6, 6.07) is 22.2. The number of hydrogen-bond donors (Lipinski definition) is 0. The highest BCUT2D eigenvalue weighted by molar-refractivity contribution is 7.59. The van der Waals surface area contributed by atoms with Crippen molar-refractivity contribution in [1.82, 2.24) is 0 Å². The molecule has 0 bridgehead atoms. The number of carbonyl (C=O) groups excluding carboxylic acids is 1. The molecule has 0 aromatic heterocycles. The van der Waals surface area contributed by atoms with Crippen LogP contribution in [0.1, 0.15) is 24.2 Å². The van der Waals surface area contributed by atoms with Crippen LogP contribution in [-0.4, -0.2) is 19.2 Å². The molecule has 3 aromatic carbocycles. The minimum Gasteiger partial charge on any atom is -0.497 e. The first kappa shape index (κ1) is 21.4. The van der Waals surface area contributed by atoms with E-state index in [9.17, 15) is 4.79 Å². The van der Waals surface area contributed by atoms with Crippen molar-refractivity contribution in [2.45, 2.75) is 20.0 Å². The Hall–Kier alpha value is -2.92. The molecule has 3 aromatic rings. The van der Waals surface area contributed by atoms with E-state index < -0.39 is 5.97 Å². The smallest absolute Gasteiger partial charge is 0.343 e. The highest BCUT2D eigenvalue weighted by Gasteiger charge is 2.09. The predicted molar refractivity (Wildman–Crippen MR) is 116 cm³/mol. The zero-order valence-electron chi connectivity index (χ0n) is 16.1. The molecule has 0 fully saturated rings. The lowest BCUT2D eigenvalue weighted by atomic mass is 10.1. The van der Waals surface area contributed by atoms with Gasteiger partial charge in [0.05, 0.1) is 18.8 Å². The Morgan fingerprint density at radius 2 is 1.18 bits per heavy atom. The molecular formula is C23H24O4S. The maximum absolute atomic E-state index is 12.2. The van der Waals surface area contributed by atoms with Gasteiger partial charge in [-0.1, -0.05) is 24.3 Å². The minimum absolute atomic E-state index is 0. The number of carbonyl (C=O) groups is 1. The third kappa shape index (κ3) is 5.54. The number of rotatable bonds is 6. The summed E-state index contributed by atoms with van der Waals surface area (Å²) < 4.78 is 16.2. The van der Waals surface area contributed by atoms with Crippen LogP contribution < -0.4 is 14.2 Å². The molecular weight excluding hydrogens is 372 g/mol. The van der Waals surface area contributed by atoms with Gasteiger partial charge >= 0.3 is 5.97 Å². The van der Waals surface area contributed by atoms with Crippen LogP contribution in [0.3, 0.4) is 0 Å². The van der Waals surface area contributed by atoms with Gasteiger partial charge in [0.2, 0.25) is 0 Å². The average molecular weight is 397 g/mol. The third-order valence-electron chi connectivity index (χ3n) is 3.95. The number of hydrogen-bond acceptors (Lipinski definition) is 4. The Bertz CT molecular complexity index is 885. The van der Waals surface area contributed by atoms with Crippen LogP contribution in [0.4, 0.5) is 0 Å². The normalized spacial score (nSPS) is 10.1. The van der Waals surface area contributed by atoms with Gasteiger partial charge in [0.15, 0.2) is 0 Å². The van der Waals surface area contributed by atoms with Gasteiger partial charge < -0.3 is 14.2 Å². The number of ether oxygens (including phenoxy) is 3. The quantitative estimate of drug-likeness (QED) is 0.409. The summed E-state index contributed by atoms with van der Waals surface area (Å²) in [5.74, 6) is 1.64. The standard InChI is InChI=1S/C23H22O4.H2S/c1-16(2)26-21-12-4-17(5-13-21)18-6-14-22(15-7-18)27-23(24)19-8-10-20(25-3)11-9-19;/h4-16H,1-3H3;1H2. The molecule has 3 rings (SSSR count). The van der Waals surface area contributed by atoms with Crippen molar-refractivity contribution in [2.24, 2.45) is 0 Å². The van der Waals surface area contributed by atoms with Crippen LogP contribution in [0.15, 0.2) is 72.8 Å². The molecule has 0 heterocycles. The van der Waals surface area contributed by atoms with Crippen LogP contribution in [0.25, 0.3) is 11.1 Å². The number of methoxy groups -OCH3 is 1. The Morgan fingerprint density at radius 1 is 0.714 bits per heavy atom. The molecule has 28 heavy (non-hydrogen) atoms. The van der Waals surface area contributed by atoms with Crippen molar-refractivity contribution in [3.63, 3.8) is 0 Å². The predicted octanol–water partition coefficient (Wildman–Crippen LogP) is 5.48. The molecule has 0 atom stereocenters. The fourth-order valence-corrected chi connectivity index (χ4v) is 2.61. The molecule has 146 valence electrons. The average Bonchev–Trinajstić information content (AvgIpc) is 2.69. The first-order valence-electron chi connectivity index (χ1n) is 8.78. The molecule has 0 saturated heterocycles. The lowest BCUT2D eigenvalue weighted by Crippen LogP contribution is -2.08. The van der Waals surface area contributed by atoms with E-state index in [1.165, 1.54) is 0 Å². The van der Waals surface area contributed by atoms with Crippen molar-refractivity contribution in [3.05, 3.63) is 78.4 Å². The van der Waals surface area contributed by atoms with E-state index in [4.69, 9.17) is 14.2 Å². The second-order valence-corrected chi connectivity index (χ2v) is 6.33. The Kier molecular flexibility index (Phi) is 7.52. The molecule has 0 spiro atoms. The molecule has 0 N–H and O–H groups in total. The fourth-order valence-electron chi connectivity index (χ4n) is 2.61. The van der Waals surface area contributed by atoms with Gasteiger partial charge in [0.1, 0.15) is 17.2 Å². The minimum atomic E-state index is -0.402. The van der Waals surface area contributed by atoms with Crippen molar-refractivity contribution in [3.8, 4) is 28.4 Å². The fraction of sp³-hybridized carbons (Fsp3) is 0.174. The topological polar surface area (TPSA) is 44.8 Å². The van der Waals surface area contributed by atoms with Crippen molar-refractivity contribution in [1.29, 1.82) is 0 Å². The highest BCUT2D eigenvalue weighted by Crippen LogP contribution is 2.25. The Morgan fingerprint density at radius 3 is 1.64 bits per heavy atom. The largest absolute Gasteiger partial charge is 0.497 e. The summed E-state index contributed by atoms with van der Waals surface area (Å²) in [5.41, 5.74) is 2.58. The monoisotopic (exact) mass is 396 g/mol. The molecule has 5 heteroatoms. The van der Waals surface area contributed by atoms with Gasteiger partial charge in [-0.05, 0) is 73.5 Å². The maximum atomic E-state index is 12.2. The van der Waals surface area contributed by atoms with Crippen LogP contribution in [0.2, 0.25) is 0 Å². The molecule has 0 unspecified atom stereocenters. The number of esters is 1. The molecule has 4 nitrogen and oxygen atoms in total. The van der Waals surface area contributed by atoms with Crippen LogP contribution in [0, 0.1) is 0 Å². The van der Waals surface area contributed by atoms with Crippen LogP contribution in [-0.2, 0) is 0 Å². The molecule has 0 aliphatic carbocycles. The lowest BCUT2D eigenvalue weighted by molar-refractivity contribution is 0.0734. The summed E-state index contributed by atoms with van der Waals surface area (Å²) >= 11 is 0. The molecule has 0 radical (unpaired) electrons. The molecule has 0 aliphatic heterocycles. The van der Waals surface area contributed by atoms with Gasteiger partial charge in [-0.2, -0.15) is 13.5 Å². The van der Waals surface area contributed by atoms with Crippen molar-refractivity contribution in [2.75, 3.05) is 7.11 Å². The summed E-state index contributed by atoms with van der Waals surface area (Å²) in [5, 5.41) is 0. The van der Waals surface area contributed by atoms with E-state index in [1.54, 1.807) is 43.5 Å². The Balaban J connectivity index is 0.00000280. The van der Waals surface area contributed by atoms with Gasteiger partial charge in [-0.3, -0.25) is 0 Å². The van der Waals surface area contributed by atoms with E-state index in [2.05, 4.69) is 0 Å². The van der Waals surface area contributed by atoms with Crippen molar-refractivity contribution >= 4 is 19.5 Å². The first-order chi connectivity index (χ1) is 13.0. The van der Waals surface area contributed by atoms with E-state index in [-0.39, 0.29) is 19.6 Å². The zero-order valence-corrected chi connectivity index (χ0v) is 17.1. The molecule has 0 amide bonds. The summed E-state index contributed by atoms with van der Waals surface area (Å²) in [7, 11) is 1.58. The lowest BCUT2D eigenvalue weighted by Gasteiger charge is -2.10. The van der Waals surface area contributed by atoms with E-state index in [0.29, 0.717) is 17.1 Å². The second kappa shape index (κ2) is 9.85. The van der Waals surface area contributed by atoms with Crippen LogP contribution in [0.5, 0.6) is 17.2 Å². The van der Waals surface area contributed by atoms with Gasteiger partial charge in [0.25, 0.3) is 0 Å². The Labute approximate surface area is 172 Å². The van der Waals surface area contributed by atoms with Crippen molar-refractivity contribution < 1.29 is 19.0 Å². The molecule has 0 aliphatic rings. The maximum Gasteiger partial charge on any atom is 0.343 e. The first-order valence-corrected chi connectivity index (χ1v) is 8.78. The third-order valence-corrected chi connectivity index (χ3v) is 3.95. The summed E-state index contributed by atoms with van der Waals surface area (Å²) in [6.45, 7) is 4.00. The van der Waals surface area contributed by atoms with Gasteiger partial charge in [0, 0.05) is 0 Å². The van der Waals surface area contributed by atoms with Crippen LogP contribution >= 0.6 is 13.5 Å². The SMILES string of the molecule is COc1ccc(C(=O)Oc2ccc(-c3ccc(OC(C)C)cc3)cc2)cc1.S. The van der Waals surface area contributed by atoms with Gasteiger partial charge in [-0.25, -0.2) is 4.79 Å². The second-order valence-electron chi connectivity index (χ2n) is 6.33. The van der Waals surface area contributed by atoms with E-state index >= 15 is 0 Å². The van der Waals surface area contributed by atoms with E-state index in [0.717, 1.165) is 16.9 Å². The highest BCUT2D eigenvalue weighted by atomic mass is 32.1.